The summed E-state index contributed by atoms with van der Waals surface area (Å²) in [6.45, 7) is 0. The van der Waals surface area contributed by atoms with Crippen LogP contribution >= 0.6 is 84.8 Å². The highest BCUT2D eigenvalue weighted by atomic mass is 127. The van der Waals surface area contributed by atoms with Gasteiger partial charge in [-0.2, -0.15) is 0 Å². The van der Waals surface area contributed by atoms with E-state index in [2.05, 4.69) is 27.5 Å². The maximum atomic E-state index is 6.53. The van der Waals surface area contributed by atoms with Crippen LogP contribution in [0.4, 0.5) is 0 Å². The highest BCUT2D eigenvalue weighted by Gasteiger charge is 2.57. The van der Waals surface area contributed by atoms with Gasteiger partial charge < -0.3 is 0 Å². The Morgan fingerprint density at radius 3 is 2.07 bits per heavy atom. The van der Waals surface area contributed by atoms with Crippen molar-refractivity contribution in [3.05, 3.63) is 0 Å². The van der Waals surface area contributed by atoms with E-state index in [0.717, 1.165) is 0 Å². The molecule has 15 heavy (non-hydrogen) atoms. The van der Waals surface area contributed by atoms with Crippen LogP contribution in [0.2, 0.25) is 0 Å². The fourth-order valence-corrected chi connectivity index (χ4v) is 10.7. The first-order valence-corrected chi connectivity index (χ1v) is 12.9. The molecular weight excluding hydrogens is 422 g/mol. The van der Waals surface area contributed by atoms with Gasteiger partial charge in [0.15, 0.2) is 0 Å². The third-order valence-corrected chi connectivity index (χ3v) is 10.7. The zero-order chi connectivity index (χ0) is 11.0. The highest BCUT2D eigenvalue weighted by Crippen LogP contribution is 2.60. The maximum Gasteiger partial charge on any atom is 0.0506 e. The molecular formula is C8H11Cl2IS4. The average Bonchev–Trinajstić information content (AvgIpc) is 2.68. The Hall–Kier alpha value is 2.71. The van der Waals surface area contributed by atoms with Gasteiger partial charge in [0.25, 0.3) is 0 Å². The lowest BCUT2D eigenvalue weighted by Gasteiger charge is -2.33. The summed E-state index contributed by atoms with van der Waals surface area (Å²) in [5, 5.41) is 1.76. The summed E-state index contributed by atoms with van der Waals surface area (Å²) in [4.78, 5) is 0. The van der Waals surface area contributed by atoms with Gasteiger partial charge in [-0.25, -0.2) is 0 Å². The molecule has 0 aliphatic heterocycles. The molecule has 0 aromatic rings. The van der Waals surface area contributed by atoms with Crippen molar-refractivity contribution < 1.29 is 0 Å². The molecule has 0 aromatic carbocycles. The normalized spacial score (nSPS) is 48.8. The van der Waals surface area contributed by atoms with Crippen LogP contribution in [0.25, 0.3) is 0 Å². The third-order valence-electron chi connectivity index (χ3n) is 3.19. The first kappa shape index (κ1) is 14.1. The molecule has 6 unspecified atom stereocenters. The first-order valence-electron chi connectivity index (χ1n) is 4.62. The fraction of sp³-hybridized carbons (Fsp3) is 1.00. The van der Waals surface area contributed by atoms with Crippen molar-refractivity contribution in [2.75, 3.05) is 6.26 Å². The standard InChI is InChI=1S/C8H11Cl2IS4/c1-12-13-7-3-2-4(5(7)9)8(6(3)10)14-15-11/h3-8H,2H2,1H3. The Morgan fingerprint density at radius 2 is 1.60 bits per heavy atom. The van der Waals surface area contributed by atoms with E-state index >= 15 is 0 Å². The summed E-state index contributed by atoms with van der Waals surface area (Å²) in [6.07, 6.45) is 3.35. The summed E-state index contributed by atoms with van der Waals surface area (Å²) in [5.74, 6) is 1.24. The Balaban J connectivity index is 2.05. The molecule has 0 heterocycles. The molecule has 2 aliphatic rings. The molecule has 2 aliphatic carbocycles. The lowest BCUT2D eigenvalue weighted by molar-refractivity contribution is 0.521. The number of hydrogen-bond acceptors (Lipinski definition) is 4. The van der Waals surface area contributed by atoms with Crippen molar-refractivity contribution in [3.8, 4) is 0 Å². The van der Waals surface area contributed by atoms with Crippen molar-refractivity contribution in [1.29, 1.82) is 0 Å². The number of fused-ring (bicyclic) bond motifs is 2. The molecule has 6 atom stereocenters. The van der Waals surface area contributed by atoms with Crippen LogP contribution in [-0.2, 0) is 0 Å². The molecule has 0 spiro atoms. The molecule has 0 amide bonds. The first-order chi connectivity index (χ1) is 7.20. The minimum absolute atomic E-state index is 0.321. The van der Waals surface area contributed by atoms with Gasteiger partial charge >= 0.3 is 0 Å². The van der Waals surface area contributed by atoms with Crippen molar-refractivity contribution in [3.63, 3.8) is 0 Å². The molecule has 7 heteroatoms. The largest absolute Gasteiger partial charge is 0.121 e. The predicted molar refractivity (Wildman–Crippen MR) is 88.8 cm³/mol. The summed E-state index contributed by atoms with van der Waals surface area (Å²) in [5.41, 5.74) is 0. The topological polar surface area (TPSA) is 0 Å². The predicted octanol–water partition coefficient (Wildman–Crippen LogP) is 5.33. The van der Waals surface area contributed by atoms with E-state index in [1.54, 1.807) is 7.97 Å². The van der Waals surface area contributed by atoms with Gasteiger partial charge in [-0.05, 0) is 32.5 Å². The average molecular weight is 433 g/mol. The molecule has 88 valence electrons. The van der Waals surface area contributed by atoms with Gasteiger partial charge in [-0.15, -0.1) is 23.2 Å². The van der Waals surface area contributed by atoms with Crippen molar-refractivity contribution in [2.24, 2.45) is 11.8 Å². The zero-order valence-electron chi connectivity index (χ0n) is 7.94. The molecule has 0 N–H and O–H groups in total. The van der Waals surface area contributed by atoms with Gasteiger partial charge in [0.1, 0.15) is 0 Å². The molecule has 2 bridgehead atoms. The van der Waals surface area contributed by atoms with Crippen molar-refractivity contribution in [1.82, 2.24) is 0 Å². The van der Waals surface area contributed by atoms with E-state index in [0.29, 0.717) is 33.1 Å². The molecule has 0 radical (unpaired) electrons. The minimum Gasteiger partial charge on any atom is -0.121 e. The number of rotatable bonds is 4. The molecule has 2 rings (SSSR count). The van der Waals surface area contributed by atoms with Crippen LogP contribution in [0, 0.1) is 11.8 Å². The fourth-order valence-electron chi connectivity index (χ4n) is 2.57. The highest BCUT2D eigenvalue weighted by molar-refractivity contribution is 14.2. The van der Waals surface area contributed by atoms with Gasteiger partial charge in [-0.3, -0.25) is 0 Å². The monoisotopic (exact) mass is 432 g/mol. The number of hydrogen-bond donors (Lipinski definition) is 0. The minimum atomic E-state index is 0.321. The summed E-state index contributed by atoms with van der Waals surface area (Å²) in [7, 11) is 7.43. The number of alkyl halides is 2. The molecule has 2 fully saturated rings. The summed E-state index contributed by atoms with van der Waals surface area (Å²) in [6, 6.07) is 0. The summed E-state index contributed by atoms with van der Waals surface area (Å²) >= 11 is 15.4. The van der Waals surface area contributed by atoms with Crippen LogP contribution in [0.1, 0.15) is 6.42 Å². The van der Waals surface area contributed by atoms with Gasteiger partial charge in [0.05, 0.1) is 10.8 Å². The summed E-state index contributed by atoms with van der Waals surface area (Å²) < 4.78 is 0. The number of halogens is 3. The Bertz CT molecular complexity index is 211. The quantitative estimate of drug-likeness (QED) is 0.334. The van der Waals surface area contributed by atoms with Crippen molar-refractivity contribution in [2.45, 2.75) is 27.7 Å². The lowest BCUT2D eigenvalue weighted by atomic mass is 9.98. The van der Waals surface area contributed by atoms with Crippen LogP contribution in [0.3, 0.4) is 0 Å². The molecule has 0 aromatic heterocycles. The van der Waals surface area contributed by atoms with Crippen LogP contribution in [-0.4, -0.2) is 27.5 Å². The second-order valence-corrected chi connectivity index (χ2v) is 12.5. The zero-order valence-corrected chi connectivity index (χ0v) is 14.9. The Kier molecular flexibility index (Phi) is 5.88. The van der Waals surface area contributed by atoms with E-state index in [1.165, 1.54) is 6.42 Å². The lowest BCUT2D eigenvalue weighted by Crippen LogP contribution is -2.39. The molecule has 2 saturated carbocycles. The third kappa shape index (κ3) is 2.68. The van der Waals surface area contributed by atoms with E-state index in [4.69, 9.17) is 23.2 Å². The Labute approximate surface area is 129 Å². The van der Waals surface area contributed by atoms with E-state index in [9.17, 15) is 0 Å². The van der Waals surface area contributed by atoms with Crippen LogP contribution in [0.5, 0.6) is 0 Å². The molecule has 0 nitrogen and oxygen atoms in total. The van der Waals surface area contributed by atoms with E-state index in [1.807, 2.05) is 32.4 Å². The van der Waals surface area contributed by atoms with Gasteiger partial charge in [-0.1, -0.05) is 32.4 Å². The maximum absolute atomic E-state index is 6.53. The second-order valence-electron chi connectivity index (χ2n) is 3.80. The second kappa shape index (κ2) is 6.24. The van der Waals surface area contributed by atoms with Gasteiger partial charge in [0, 0.05) is 31.7 Å². The molecule has 0 saturated heterocycles. The smallest absolute Gasteiger partial charge is 0.0506 e. The van der Waals surface area contributed by atoms with E-state index in [-0.39, 0.29) is 0 Å². The van der Waals surface area contributed by atoms with Crippen LogP contribution in [0.15, 0.2) is 0 Å². The van der Waals surface area contributed by atoms with Crippen molar-refractivity contribution >= 4 is 84.8 Å². The van der Waals surface area contributed by atoms with Crippen LogP contribution < -0.4 is 0 Å². The van der Waals surface area contributed by atoms with Gasteiger partial charge in [0.2, 0.25) is 0 Å². The van der Waals surface area contributed by atoms with E-state index < -0.39 is 0 Å². The Morgan fingerprint density at radius 1 is 1.07 bits per heavy atom. The SMILES string of the molecule is CSSC1C(Cl)C2CC1C(Cl)C2SSI.